The molecule has 94 valence electrons. The predicted octanol–water partition coefficient (Wildman–Crippen LogP) is -0.831. The lowest BCUT2D eigenvalue weighted by molar-refractivity contribution is -0.120. The maximum atomic E-state index is 11.0. The zero-order valence-electron chi connectivity index (χ0n) is 10.3. The van der Waals surface area contributed by atoms with E-state index in [0.717, 1.165) is 25.9 Å². The number of carbonyl (C=O) groups excluding carboxylic acids is 1. The van der Waals surface area contributed by atoms with Crippen molar-refractivity contribution < 1.29 is 9.90 Å². The van der Waals surface area contributed by atoms with E-state index in [1.807, 2.05) is 7.05 Å². The van der Waals surface area contributed by atoms with Gasteiger partial charge in [0.1, 0.15) is 0 Å². The van der Waals surface area contributed by atoms with Crippen LogP contribution in [0.3, 0.4) is 0 Å². The van der Waals surface area contributed by atoms with Gasteiger partial charge in [0.15, 0.2) is 0 Å². The van der Waals surface area contributed by atoms with Gasteiger partial charge in [0.25, 0.3) is 0 Å². The fourth-order valence-corrected chi connectivity index (χ4v) is 2.08. The molecule has 3 N–H and O–H groups in total. The van der Waals surface area contributed by atoms with Crippen LogP contribution in [0.25, 0.3) is 0 Å². The maximum absolute atomic E-state index is 11.0. The van der Waals surface area contributed by atoms with E-state index in [0.29, 0.717) is 19.5 Å². The highest BCUT2D eigenvalue weighted by Gasteiger charge is 2.31. The van der Waals surface area contributed by atoms with Gasteiger partial charge in [0.05, 0.1) is 5.60 Å². The molecule has 5 heteroatoms. The number of hydrogen-bond acceptors (Lipinski definition) is 4. The van der Waals surface area contributed by atoms with Crippen LogP contribution in [0.4, 0.5) is 0 Å². The Balaban J connectivity index is 2.15. The zero-order chi connectivity index (χ0) is 12.0. The SMILES string of the molecule is CNC(=O)CCCN(C)CC1(O)CCNC1. The molecule has 0 aliphatic carbocycles. The summed E-state index contributed by atoms with van der Waals surface area (Å²) in [6, 6.07) is 0. The molecule has 1 atom stereocenters. The van der Waals surface area contributed by atoms with Crippen LogP contribution in [0, 0.1) is 0 Å². The second-order valence-corrected chi connectivity index (χ2v) is 4.67. The van der Waals surface area contributed by atoms with E-state index in [2.05, 4.69) is 15.5 Å². The van der Waals surface area contributed by atoms with Gasteiger partial charge in [-0.1, -0.05) is 0 Å². The lowest BCUT2D eigenvalue weighted by Gasteiger charge is -2.27. The van der Waals surface area contributed by atoms with E-state index < -0.39 is 5.60 Å². The summed E-state index contributed by atoms with van der Waals surface area (Å²) in [4.78, 5) is 13.1. The summed E-state index contributed by atoms with van der Waals surface area (Å²) >= 11 is 0. The Morgan fingerprint density at radius 1 is 1.62 bits per heavy atom. The molecule has 0 aromatic carbocycles. The Bertz CT molecular complexity index is 227. The number of carbonyl (C=O) groups is 1. The molecule has 1 aliphatic rings. The average molecular weight is 229 g/mol. The number of aliphatic hydroxyl groups is 1. The number of rotatable bonds is 6. The number of likely N-dealkylation sites (N-methyl/N-ethyl adjacent to an activating group) is 1. The minimum atomic E-state index is -0.582. The van der Waals surface area contributed by atoms with Crippen LogP contribution < -0.4 is 10.6 Å². The first-order valence-corrected chi connectivity index (χ1v) is 5.88. The van der Waals surface area contributed by atoms with Crippen molar-refractivity contribution in [2.75, 3.05) is 40.3 Å². The first-order chi connectivity index (χ1) is 7.56. The lowest BCUT2D eigenvalue weighted by atomic mass is 10.0. The zero-order valence-corrected chi connectivity index (χ0v) is 10.3. The molecule has 0 saturated carbocycles. The van der Waals surface area contributed by atoms with Crippen molar-refractivity contribution in [3.63, 3.8) is 0 Å². The molecule has 0 aromatic rings. The standard InChI is InChI=1S/C11H23N3O2/c1-12-10(15)4-3-7-14(2)9-11(16)5-6-13-8-11/h13,16H,3-9H2,1-2H3,(H,12,15). The molecule has 0 spiro atoms. The molecule has 1 heterocycles. The van der Waals surface area contributed by atoms with Crippen molar-refractivity contribution in [3.8, 4) is 0 Å². The Hall–Kier alpha value is -0.650. The fourth-order valence-electron chi connectivity index (χ4n) is 2.08. The van der Waals surface area contributed by atoms with Gasteiger partial charge in [0, 0.05) is 26.6 Å². The molecule has 0 bridgehead atoms. The van der Waals surface area contributed by atoms with Crippen molar-refractivity contribution in [1.29, 1.82) is 0 Å². The Labute approximate surface area is 97.2 Å². The minimum absolute atomic E-state index is 0.0784. The average Bonchev–Trinajstić information content (AvgIpc) is 2.64. The number of hydrogen-bond donors (Lipinski definition) is 3. The maximum Gasteiger partial charge on any atom is 0.219 e. The first-order valence-electron chi connectivity index (χ1n) is 5.88. The number of nitrogens with one attached hydrogen (secondary N) is 2. The Morgan fingerprint density at radius 3 is 2.94 bits per heavy atom. The molecule has 1 unspecified atom stereocenters. The normalized spacial score (nSPS) is 25.0. The summed E-state index contributed by atoms with van der Waals surface area (Å²) in [6.07, 6.45) is 2.20. The Morgan fingerprint density at radius 2 is 2.38 bits per heavy atom. The summed E-state index contributed by atoms with van der Waals surface area (Å²) in [5, 5.41) is 15.9. The third-order valence-electron chi connectivity index (χ3n) is 3.01. The number of β-amino-alcohol motifs (C(OH)–C–C–N with tert-alkyl or cyclic N) is 1. The van der Waals surface area contributed by atoms with Gasteiger partial charge >= 0.3 is 0 Å². The second kappa shape index (κ2) is 6.18. The van der Waals surface area contributed by atoms with Crippen LogP contribution >= 0.6 is 0 Å². The van der Waals surface area contributed by atoms with Crippen LogP contribution in [-0.2, 0) is 4.79 Å². The smallest absolute Gasteiger partial charge is 0.219 e. The summed E-state index contributed by atoms with van der Waals surface area (Å²) in [5.74, 6) is 0.0784. The van der Waals surface area contributed by atoms with Crippen LogP contribution in [0.1, 0.15) is 19.3 Å². The molecule has 16 heavy (non-hydrogen) atoms. The van der Waals surface area contributed by atoms with Gasteiger partial charge < -0.3 is 20.6 Å². The molecule has 1 aliphatic heterocycles. The topological polar surface area (TPSA) is 64.6 Å². The lowest BCUT2D eigenvalue weighted by Crippen LogP contribution is -2.43. The van der Waals surface area contributed by atoms with Crippen molar-refractivity contribution in [3.05, 3.63) is 0 Å². The van der Waals surface area contributed by atoms with E-state index in [9.17, 15) is 9.90 Å². The largest absolute Gasteiger partial charge is 0.387 e. The summed E-state index contributed by atoms with van der Waals surface area (Å²) < 4.78 is 0. The Kier molecular flexibility index (Phi) is 5.18. The monoisotopic (exact) mass is 229 g/mol. The molecule has 1 rings (SSSR count). The quantitative estimate of drug-likeness (QED) is 0.556. The van der Waals surface area contributed by atoms with Crippen molar-refractivity contribution >= 4 is 5.91 Å². The molecule has 1 amide bonds. The van der Waals surface area contributed by atoms with Crippen LogP contribution in [0.15, 0.2) is 0 Å². The van der Waals surface area contributed by atoms with Crippen LogP contribution in [0.2, 0.25) is 0 Å². The highest BCUT2D eigenvalue weighted by molar-refractivity contribution is 5.75. The van der Waals surface area contributed by atoms with Crippen LogP contribution in [0.5, 0.6) is 0 Å². The van der Waals surface area contributed by atoms with Crippen molar-refractivity contribution in [1.82, 2.24) is 15.5 Å². The van der Waals surface area contributed by atoms with Gasteiger partial charge in [-0.25, -0.2) is 0 Å². The molecule has 1 fully saturated rings. The molecule has 5 nitrogen and oxygen atoms in total. The van der Waals surface area contributed by atoms with Gasteiger partial charge in [-0.05, 0) is 33.0 Å². The molecule has 0 radical (unpaired) electrons. The summed E-state index contributed by atoms with van der Waals surface area (Å²) in [7, 11) is 3.64. The third-order valence-corrected chi connectivity index (χ3v) is 3.01. The highest BCUT2D eigenvalue weighted by Crippen LogP contribution is 2.15. The van der Waals surface area contributed by atoms with Gasteiger partial charge in [-0.15, -0.1) is 0 Å². The molecule has 1 saturated heterocycles. The van der Waals surface area contributed by atoms with E-state index in [1.54, 1.807) is 7.05 Å². The summed E-state index contributed by atoms with van der Waals surface area (Å²) in [5.41, 5.74) is -0.582. The molecular weight excluding hydrogens is 206 g/mol. The van der Waals surface area contributed by atoms with E-state index in [1.165, 1.54) is 0 Å². The van der Waals surface area contributed by atoms with Gasteiger partial charge in [-0.2, -0.15) is 0 Å². The van der Waals surface area contributed by atoms with Crippen molar-refractivity contribution in [2.45, 2.75) is 24.9 Å². The van der Waals surface area contributed by atoms with E-state index in [-0.39, 0.29) is 5.91 Å². The second-order valence-electron chi connectivity index (χ2n) is 4.67. The fraction of sp³-hybridized carbons (Fsp3) is 0.909. The number of nitrogens with zero attached hydrogens (tertiary/aromatic N) is 1. The van der Waals surface area contributed by atoms with Crippen LogP contribution in [-0.4, -0.2) is 61.8 Å². The number of amides is 1. The van der Waals surface area contributed by atoms with E-state index in [4.69, 9.17) is 0 Å². The minimum Gasteiger partial charge on any atom is -0.387 e. The first kappa shape index (κ1) is 13.4. The highest BCUT2D eigenvalue weighted by atomic mass is 16.3. The molecular formula is C11H23N3O2. The molecule has 0 aromatic heterocycles. The van der Waals surface area contributed by atoms with Crippen molar-refractivity contribution in [2.24, 2.45) is 0 Å². The van der Waals surface area contributed by atoms with Gasteiger partial charge in [-0.3, -0.25) is 4.79 Å². The summed E-state index contributed by atoms with van der Waals surface area (Å²) in [6.45, 7) is 3.08. The third kappa shape index (κ3) is 4.47. The van der Waals surface area contributed by atoms with E-state index >= 15 is 0 Å². The van der Waals surface area contributed by atoms with Gasteiger partial charge in [0.2, 0.25) is 5.91 Å². The predicted molar refractivity (Wildman–Crippen MR) is 63.2 cm³/mol.